The van der Waals surface area contributed by atoms with Crippen LogP contribution in [0.25, 0.3) is 0 Å². The van der Waals surface area contributed by atoms with Crippen LogP contribution in [0.1, 0.15) is 6.92 Å². The summed E-state index contributed by atoms with van der Waals surface area (Å²) in [6, 6.07) is 0. The smallest absolute Gasteiger partial charge is 0.363 e. The zero-order chi connectivity index (χ0) is 8.65. The van der Waals surface area contributed by atoms with Gasteiger partial charge in [-0.1, -0.05) is 0 Å². The van der Waals surface area contributed by atoms with E-state index in [-0.39, 0.29) is 5.76 Å². The van der Waals surface area contributed by atoms with Gasteiger partial charge in [-0.3, -0.25) is 4.79 Å². The van der Waals surface area contributed by atoms with Crippen molar-refractivity contribution >= 4 is 16.3 Å². The summed E-state index contributed by atoms with van der Waals surface area (Å²) in [6.45, 7) is 1.27. The molecule has 1 heterocycles. The highest BCUT2D eigenvalue weighted by Gasteiger charge is 2.31. The molecule has 2 N–H and O–H groups in total. The zero-order valence-electron chi connectivity index (χ0n) is 5.53. The lowest BCUT2D eigenvalue weighted by Gasteiger charge is -1.91. The summed E-state index contributed by atoms with van der Waals surface area (Å²) in [4.78, 5) is 10.4. The van der Waals surface area contributed by atoms with E-state index < -0.39 is 22.1 Å². The number of hydrogen-bond donors (Lipinski definition) is 1. The molecule has 1 amide bonds. The number of amides is 1. The number of allylic oxidation sites excluding steroid dienone is 1. The van der Waals surface area contributed by atoms with Crippen molar-refractivity contribution in [2.75, 3.05) is 0 Å². The summed E-state index contributed by atoms with van der Waals surface area (Å²) in [7, 11) is -4.06. The standard InChI is InChI=1S/C4H5NO5S/c1-2-3(4(5)6)10-11(7,8)9-2/h1H3,(H2,5,6). The van der Waals surface area contributed by atoms with E-state index in [0.717, 1.165) is 0 Å². The number of nitrogens with two attached hydrogens (primary N) is 1. The molecule has 0 spiro atoms. The maximum atomic E-state index is 10.5. The van der Waals surface area contributed by atoms with Crippen molar-refractivity contribution in [3.05, 3.63) is 11.5 Å². The van der Waals surface area contributed by atoms with Crippen molar-refractivity contribution in [3.8, 4) is 0 Å². The van der Waals surface area contributed by atoms with Gasteiger partial charge in [-0.05, 0) is 6.92 Å². The molecule has 6 nitrogen and oxygen atoms in total. The number of hydrogen-bond acceptors (Lipinski definition) is 5. The van der Waals surface area contributed by atoms with Crippen LogP contribution in [0, 0.1) is 0 Å². The van der Waals surface area contributed by atoms with Gasteiger partial charge in [-0.15, -0.1) is 8.42 Å². The topological polar surface area (TPSA) is 95.7 Å². The molecular formula is C4H5NO5S. The van der Waals surface area contributed by atoms with E-state index in [1.165, 1.54) is 6.92 Å². The van der Waals surface area contributed by atoms with Crippen LogP contribution in [0.2, 0.25) is 0 Å². The summed E-state index contributed by atoms with van der Waals surface area (Å²) in [6.07, 6.45) is 0. The fourth-order valence-corrected chi connectivity index (χ4v) is 1.40. The zero-order valence-corrected chi connectivity index (χ0v) is 6.34. The van der Waals surface area contributed by atoms with Gasteiger partial charge in [0.05, 0.1) is 0 Å². The molecule has 0 saturated carbocycles. The maximum Gasteiger partial charge on any atom is 0.501 e. The maximum absolute atomic E-state index is 10.5. The van der Waals surface area contributed by atoms with Crippen LogP contribution < -0.4 is 5.73 Å². The lowest BCUT2D eigenvalue weighted by molar-refractivity contribution is -0.116. The van der Waals surface area contributed by atoms with Crippen LogP contribution in [-0.2, 0) is 23.6 Å². The fraction of sp³-hybridized carbons (Fsp3) is 0.250. The van der Waals surface area contributed by atoms with Gasteiger partial charge in [-0.25, -0.2) is 0 Å². The predicted molar refractivity (Wildman–Crippen MR) is 33.0 cm³/mol. The van der Waals surface area contributed by atoms with Crippen molar-refractivity contribution in [1.82, 2.24) is 0 Å². The molecule has 0 aliphatic carbocycles. The van der Waals surface area contributed by atoms with Gasteiger partial charge in [0, 0.05) is 0 Å². The Morgan fingerprint density at radius 2 is 2.00 bits per heavy atom. The first-order valence-corrected chi connectivity index (χ1v) is 3.90. The third-order valence-corrected chi connectivity index (χ3v) is 1.78. The van der Waals surface area contributed by atoms with Crippen LogP contribution in [-0.4, -0.2) is 14.3 Å². The molecule has 0 aromatic rings. The largest absolute Gasteiger partial charge is 0.501 e. The van der Waals surface area contributed by atoms with Crippen LogP contribution in [0.5, 0.6) is 0 Å². The molecule has 0 bridgehead atoms. The summed E-state index contributed by atoms with van der Waals surface area (Å²) in [5, 5.41) is 0. The van der Waals surface area contributed by atoms with Crippen molar-refractivity contribution in [2.24, 2.45) is 5.73 Å². The van der Waals surface area contributed by atoms with Crippen LogP contribution in [0.15, 0.2) is 11.5 Å². The van der Waals surface area contributed by atoms with E-state index in [4.69, 9.17) is 5.73 Å². The molecule has 0 saturated heterocycles. The lowest BCUT2D eigenvalue weighted by atomic mass is 10.4. The SMILES string of the molecule is CC1=C(C(N)=O)OS(=O)(=O)O1. The number of rotatable bonds is 1. The Kier molecular flexibility index (Phi) is 1.52. The van der Waals surface area contributed by atoms with E-state index in [1.54, 1.807) is 0 Å². The molecule has 0 unspecified atom stereocenters. The Labute approximate surface area is 62.9 Å². The first kappa shape index (κ1) is 7.86. The van der Waals surface area contributed by atoms with E-state index in [0.29, 0.717) is 0 Å². The molecule has 7 heteroatoms. The Hall–Kier alpha value is -1.24. The number of primary amides is 1. The highest BCUT2D eigenvalue weighted by Crippen LogP contribution is 2.21. The van der Waals surface area contributed by atoms with E-state index in [2.05, 4.69) is 8.37 Å². The van der Waals surface area contributed by atoms with E-state index >= 15 is 0 Å². The van der Waals surface area contributed by atoms with Gasteiger partial charge >= 0.3 is 10.4 Å². The first-order valence-electron chi connectivity index (χ1n) is 2.57. The van der Waals surface area contributed by atoms with Crippen LogP contribution in [0.3, 0.4) is 0 Å². The fourth-order valence-electron chi connectivity index (χ4n) is 0.583. The van der Waals surface area contributed by atoms with Gasteiger partial charge in [0.1, 0.15) is 0 Å². The molecule has 1 rings (SSSR count). The molecule has 62 valence electrons. The molecule has 11 heavy (non-hydrogen) atoms. The molecule has 0 radical (unpaired) electrons. The third kappa shape index (κ3) is 1.43. The van der Waals surface area contributed by atoms with Crippen molar-refractivity contribution < 1.29 is 21.6 Å². The number of carbonyl (C=O) groups is 1. The van der Waals surface area contributed by atoms with E-state index in [9.17, 15) is 13.2 Å². The van der Waals surface area contributed by atoms with Gasteiger partial charge < -0.3 is 14.1 Å². The minimum Gasteiger partial charge on any atom is -0.363 e. The van der Waals surface area contributed by atoms with Crippen molar-refractivity contribution in [2.45, 2.75) is 6.92 Å². The normalized spacial score (nSPS) is 20.8. The second kappa shape index (κ2) is 2.12. The van der Waals surface area contributed by atoms with Gasteiger partial charge in [0.25, 0.3) is 5.91 Å². The Balaban J connectivity index is 3.02. The van der Waals surface area contributed by atoms with Gasteiger partial charge in [0.15, 0.2) is 5.76 Å². The first-order chi connectivity index (χ1) is 4.92. The minimum absolute atomic E-state index is 0.141. The average molecular weight is 179 g/mol. The monoisotopic (exact) mass is 179 g/mol. The molecule has 0 aromatic heterocycles. The Morgan fingerprint density at radius 1 is 1.45 bits per heavy atom. The average Bonchev–Trinajstić information content (AvgIpc) is 2.05. The molecule has 1 aliphatic heterocycles. The highest BCUT2D eigenvalue weighted by atomic mass is 32.3. The number of carbonyl (C=O) groups excluding carboxylic acids is 1. The van der Waals surface area contributed by atoms with Gasteiger partial charge in [-0.2, -0.15) is 0 Å². The quantitative estimate of drug-likeness (QED) is 0.556. The molecular weight excluding hydrogens is 174 g/mol. The molecule has 0 fully saturated rings. The third-order valence-electron chi connectivity index (χ3n) is 0.956. The minimum atomic E-state index is -4.06. The summed E-state index contributed by atoms with van der Waals surface area (Å²) in [5.74, 6) is -1.58. The molecule has 0 aromatic carbocycles. The van der Waals surface area contributed by atoms with E-state index in [1.807, 2.05) is 0 Å². The van der Waals surface area contributed by atoms with Crippen molar-refractivity contribution in [3.63, 3.8) is 0 Å². The predicted octanol–water partition coefficient (Wildman–Crippen LogP) is -1.01. The lowest BCUT2D eigenvalue weighted by Crippen LogP contribution is -2.15. The summed E-state index contributed by atoms with van der Waals surface area (Å²) >= 11 is 0. The van der Waals surface area contributed by atoms with Crippen molar-refractivity contribution in [1.29, 1.82) is 0 Å². The summed E-state index contributed by atoms with van der Waals surface area (Å²) in [5.41, 5.74) is 4.74. The summed E-state index contributed by atoms with van der Waals surface area (Å²) < 4.78 is 29.2. The Bertz CT molecular complexity index is 326. The highest BCUT2D eigenvalue weighted by molar-refractivity contribution is 7.82. The molecule has 0 atom stereocenters. The van der Waals surface area contributed by atoms with Crippen LogP contribution in [0.4, 0.5) is 0 Å². The second-order valence-electron chi connectivity index (χ2n) is 1.82. The van der Waals surface area contributed by atoms with Gasteiger partial charge in [0.2, 0.25) is 5.76 Å². The Morgan fingerprint density at radius 3 is 2.18 bits per heavy atom. The molecule has 1 aliphatic rings. The second-order valence-corrected chi connectivity index (χ2v) is 2.97. The van der Waals surface area contributed by atoms with Crippen LogP contribution >= 0.6 is 0 Å².